The van der Waals surface area contributed by atoms with Crippen molar-refractivity contribution in [3.63, 3.8) is 0 Å². The van der Waals surface area contributed by atoms with Gasteiger partial charge in [-0.15, -0.1) is 0 Å². The molecule has 0 radical (unpaired) electrons. The van der Waals surface area contributed by atoms with Crippen LogP contribution in [0.1, 0.15) is 35.6 Å². The normalized spacial score (nSPS) is 14.5. The fourth-order valence-electron chi connectivity index (χ4n) is 4.03. The summed E-state index contributed by atoms with van der Waals surface area (Å²) in [5, 5.41) is 8.45. The molecule has 4 aromatic rings. The molecular formula is C24H20F4N6O3. The Balaban J connectivity index is 1.22. The van der Waals surface area contributed by atoms with Crippen LogP contribution in [0.3, 0.4) is 0 Å². The Kier molecular flexibility index (Phi) is 5.92. The van der Waals surface area contributed by atoms with Crippen molar-refractivity contribution in [2.75, 3.05) is 5.32 Å². The van der Waals surface area contributed by atoms with Crippen LogP contribution in [0.15, 0.2) is 52.2 Å². The number of aryl methyl sites for hydroxylation is 1. The molecule has 0 saturated heterocycles. The Morgan fingerprint density at radius 2 is 1.89 bits per heavy atom. The third-order valence-corrected chi connectivity index (χ3v) is 6.25. The van der Waals surface area contributed by atoms with Crippen molar-refractivity contribution in [2.45, 2.75) is 37.3 Å². The van der Waals surface area contributed by atoms with Crippen LogP contribution in [0, 0.1) is 5.82 Å². The van der Waals surface area contributed by atoms with Gasteiger partial charge < -0.3 is 9.84 Å². The third kappa shape index (κ3) is 4.88. The first-order valence-corrected chi connectivity index (χ1v) is 11.2. The molecule has 3 heterocycles. The van der Waals surface area contributed by atoms with Crippen molar-refractivity contribution in [1.82, 2.24) is 24.9 Å². The zero-order valence-corrected chi connectivity index (χ0v) is 19.4. The summed E-state index contributed by atoms with van der Waals surface area (Å²) in [4.78, 5) is 32.6. The second kappa shape index (κ2) is 8.98. The summed E-state index contributed by atoms with van der Waals surface area (Å²) in [6.07, 6.45) is -0.118. The van der Waals surface area contributed by atoms with E-state index in [2.05, 4.69) is 25.5 Å². The summed E-state index contributed by atoms with van der Waals surface area (Å²) in [5.74, 6) is -1.40. The minimum atomic E-state index is -4.47. The van der Waals surface area contributed by atoms with E-state index in [9.17, 15) is 27.2 Å². The fourth-order valence-corrected chi connectivity index (χ4v) is 4.03. The monoisotopic (exact) mass is 516 g/mol. The molecule has 37 heavy (non-hydrogen) atoms. The highest BCUT2D eigenvalue weighted by atomic mass is 19.4. The zero-order valence-electron chi connectivity index (χ0n) is 19.4. The van der Waals surface area contributed by atoms with E-state index in [0.29, 0.717) is 22.5 Å². The molecular weight excluding hydrogens is 496 g/mol. The average molecular weight is 516 g/mol. The number of rotatable bonds is 7. The molecule has 1 aliphatic carbocycles. The van der Waals surface area contributed by atoms with Gasteiger partial charge in [-0.2, -0.15) is 13.2 Å². The van der Waals surface area contributed by atoms with Crippen molar-refractivity contribution < 1.29 is 26.9 Å². The maximum Gasteiger partial charge on any atom is 0.401 e. The van der Waals surface area contributed by atoms with Crippen LogP contribution in [-0.4, -0.2) is 37.0 Å². The van der Waals surface area contributed by atoms with Gasteiger partial charge in [-0.1, -0.05) is 17.3 Å². The van der Waals surface area contributed by atoms with Crippen molar-refractivity contribution in [1.29, 1.82) is 0 Å². The summed E-state index contributed by atoms with van der Waals surface area (Å²) < 4.78 is 60.8. The SMILES string of the molecule is Cn1cc(Cc2ncc(-c3ccc(CC(=O)Nc4cc(C5(C(F)(F)F)CC5)on4)c(F)c3)cn2)c(=O)[nH]1. The van der Waals surface area contributed by atoms with E-state index >= 15 is 0 Å². The second-order valence-electron chi connectivity index (χ2n) is 8.96. The number of nitrogens with one attached hydrogen (secondary N) is 2. The number of benzene rings is 1. The number of carbonyl (C=O) groups is 1. The van der Waals surface area contributed by atoms with Gasteiger partial charge in [-0.05, 0) is 30.0 Å². The molecule has 9 nitrogen and oxygen atoms in total. The van der Waals surface area contributed by atoms with E-state index < -0.39 is 23.3 Å². The first kappa shape index (κ1) is 24.4. The first-order chi connectivity index (χ1) is 17.5. The van der Waals surface area contributed by atoms with E-state index in [0.717, 1.165) is 6.07 Å². The molecule has 0 bridgehead atoms. The smallest absolute Gasteiger partial charge is 0.358 e. The Bertz CT molecular complexity index is 1520. The van der Waals surface area contributed by atoms with Crippen LogP contribution in [0.5, 0.6) is 0 Å². The largest absolute Gasteiger partial charge is 0.401 e. The van der Waals surface area contributed by atoms with E-state index in [1.54, 1.807) is 19.3 Å². The van der Waals surface area contributed by atoms with E-state index in [1.165, 1.54) is 29.2 Å². The molecule has 5 rings (SSSR count). The molecule has 0 spiro atoms. The van der Waals surface area contributed by atoms with Gasteiger partial charge >= 0.3 is 6.18 Å². The van der Waals surface area contributed by atoms with Gasteiger partial charge in [0.15, 0.2) is 11.6 Å². The molecule has 1 aliphatic rings. The van der Waals surface area contributed by atoms with Crippen molar-refractivity contribution in [3.8, 4) is 11.1 Å². The van der Waals surface area contributed by atoms with E-state index in [-0.39, 0.29) is 48.4 Å². The minimum absolute atomic E-state index is 0.0831. The van der Waals surface area contributed by atoms with Gasteiger partial charge in [0, 0.05) is 49.3 Å². The first-order valence-electron chi connectivity index (χ1n) is 11.2. The Hall–Kier alpha value is -4.29. The zero-order chi connectivity index (χ0) is 26.4. The van der Waals surface area contributed by atoms with Gasteiger partial charge in [0.2, 0.25) is 5.91 Å². The number of hydrogen-bond acceptors (Lipinski definition) is 6. The van der Waals surface area contributed by atoms with Gasteiger partial charge in [0.05, 0.1) is 6.42 Å². The highest BCUT2D eigenvalue weighted by molar-refractivity contribution is 5.91. The number of halogens is 4. The highest BCUT2D eigenvalue weighted by Gasteiger charge is 2.66. The lowest BCUT2D eigenvalue weighted by molar-refractivity contribution is -0.165. The number of aromatic nitrogens is 5. The quantitative estimate of drug-likeness (QED) is 0.362. The summed E-state index contributed by atoms with van der Waals surface area (Å²) in [7, 11) is 1.70. The predicted octanol–water partition coefficient (Wildman–Crippen LogP) is 3.66. The summed E-state index contributed by atoms with van der Waals surface area (Å²) in [6, 6.07) is 5.31. The number of alkyl halides is 3. The molecule has 1 aromatic carbocycles. The molecule has 1 fully saturated rings. The maximum absolute atomic E-state index is 14.7. The number of aromatic amines is 1. The number of nitrogens with zero attached hydrogens (tertiary/aromatic N) is 4. The number of amides is 1. The standard InChI is InChI=1S/C24H20F4N6O3/c1-34-12-15(22(36)32-34)7-19-29-10-16(11-30-19)13-2-3-14(17(25)6-13)8-21(35)31-20-9-18(37-33-20)23(4-5-23)24(26,27)28/h2-3,6,9-12H,4-5,7-8H2,1H3,(H,32,36)(H,31,33,35). The molecule has 0 unspecified atom stereocenters. The second-order valence-corrected chi connectivity index (χ2v) is 8.96. The molecule has 0 atom stereocenters. The number of anilines is 1. The van der Waals surface area contributed by atoms with Crippen LogP contribution < -0.4 is 10.9 Å². The lowest BCUT2D eigenvalue weighted by Crippen LogP contribution is -2.28. The van der Waals surface area contributed by atoms with Gasteiger partial charge in [-0.3, -0.25) is 19.4 Å². The lowest BCUT2D eigenvalue weighted by Gasteiger charge is -2.14. The van der Waals surface area contributed by atoms with E-state index in [1.807, 2.05) is 0 Å². The molecule has 3 aromatic heterocycles. The highest BCUT2D eigenvalue weighted by Crippen LogP contribution is 2.59. The molecule has 2 N–H and O–H groups in total. The molecule has 13 heteroatoms. The minimum Gasteiger partial charge on any atom is -0.358 e. The van der Waals surface area contributed by atoms with E-state index in [4.69, 9.17) is 4.52 Å². The maximum atomic E-state index is 14.7. The lowest BCUT2D eigenvalue weighted by atomic mass is 10.0. The summed E-state index contributed by atoms with van der Waals surface area (Å²) in [6.45, 7) is 0. The van der Waals surface area contributed by atoms with Gasteiger partial charge in [0.1, 0.15) is 17.1 Å². The summed E-state index contributed by atoms with van der Waals surface area (Å²) in [5.41, 5.74) is -0.665. The predicted molar refractivity (Wildman–Crippen MR) is 122 cm³/mol. The number of hydrogen-bond donors (Lipinski definition) is 2. The van der Waals surface area contributed by atoms with Gasteiger partial charge in [-0.25, -0.2) is 14.4 Å². The summed E-state index contributed by atoms with van der Waals surface area (Å²) >= 11 is 0. The van der Waals surface area contributed by atoms with Crippen LogP contribution in [0.2, 0.25) is 0 Å². The topological polar surface area (TPSA) is 119 Å². The number of H-pyrrole nitrogens is 1. The Morgan fingerprint density at radius 1 is 1.16 bits per heavy atom. The molecule has 192 valence electrons. The molecule has 0 aliphatic heterocycles. The Morgan fingerprint density at radius 3 is 2.49 bits per heavy atom. The Labute approximate surface area is 206 Å². The van der Waals surface area contributed by atoms with Crippen molar-refractivity contribution in [3.05, 3.63) is 81.7 Å². The van der Waals surface area contributed by atoms with Crippen LogP contribution >= 0.6 is 0 Å². The fraction of sp³-hybridized carbons (Fsp3) is 0.292. The third-order valence-electron chi connectivity index (χ3n) is 6.25. The van der Waals surface area contributed by atoms with Crippen LogP contribution in [0.4, 0.5) is 23.4 Å². The average Bonchev–Trinajstić information content (AvgIpc) is 3.44. The number of carbonyl (C=O) groups excluding carboxylic acids is 1. The van der Waals surface area contributed by atoms with Crippen LogP contribution in [0.25, 0.3) is 11.1 Å². The molecule has 1 amide bonds. The van der Waals surface area contributed by atoms with Crippen molar-refractivity contribution in [2.24, 2.45) is 7.05 Å². The van der Waals surface area contributed by atoms with Crippen molar-refractivity contribution >= 4 is 11.7 Å². The van der Waals surface area contributed by atoms with Gasteiger partial charge in [0.25, 0.3) is 5.56 Å². The molecule has 1 saturated carbocycles. The van der Waals surface area contributed by atoms with Crippen LogP contribution in [-0.2, 0) is 30.1 Å².